The molecule has 1 atom stereocenters. The predicted octanol–water partition coefficient (Wildman–Crippen LogP) is 1.60. The molecule has 0 saturated carbocycles. The number of nitrogens with zero attached hydrogens (tertiary/aromatic N) is 3. The summed E-state index contributed by atoms with van der Waals surface area (Å²) in [4.78, 5) is 10.3. The molecule has 15 heavy (non-hydrogen) atoms. The van der Waals surface area contributed by atoms with Crippen LogP contribution in [0.15, 0.2) is 12.3 Å². The lowest BCUT2D eigenvalue weighted by atomic mass is 10.1. The fourth-order valence-corrected chi connectivity index (χ4v) is 2.06. The monoisotopic (exact) mass is 227 g/mol. The molecule has 0 N–H and O–H groups in total. The first kappa shape index (κ1) is 10.6. The molecule has 2 rings (SSSR count). The van der Waals surface area contributed by atoms with Crippen molar-refractivity contribution < 1.29 is 4.74 Å². The number of hydrogen-bond donors (Lipinski definition) is 0. The summed E-state index contributed by atoms with van der Waals surface area (Å²) in [5.74, 6) is 1.51. The highest BCUT2D eigenvalue weighted by molar-refractivity contribution is 6.28. The largest absolute Gasteiger partial charge is 0.384 e. The van der Waals surface area contributed by atoms with Crippen LogP contribution in [0.1, 0.15) is 6.42 Å². The van der Waals surface area contributed by atoms with Crippen molar-refractivity contribution in [3.8, 4) is 0 Å². The molecule has 0 aromatic carbocycles. The second kappa shape index (κ2) is 4.77. The van der Waals surface area contributed by atoms with Gasteiger partial charge in [-0.05, 0) is 24.1 Å². The van der Waals surface area contributed by atoms with E-state index < -0.39 is 0 Å². The molecule has 1 aromatic rings. The molecular formula is C10H14ClN3O. The number of ether oxygens (including phenoxy) is 1. The van der Waals surface area contributed by atoms with Gasteiger partial charge in [0.25, 0.3) is 0 Å². The molecule has 1 aliphatic heterocycles. The average Bonchev–Trinajstić information content (AvgIpc) is 2.67. The molecule has 1 fully saturated rings. The van der Waals surface area contributed by atoms with E-state index in [0.717, 1.165) is 31.9 Å². The normalized spacial score (nSPS) is 20.9. The lowest BCUT2D eigenvalue weighted by Crippen LogP contribution is -2.22. The summed E-state index contributed by atoms with van der Waals surface area (Å²) < 4.78 is 5.15. The number of anilines is 1. The van der Waals surface area contributed by atoms with Crippen LogP contribution in [-0.4, -0.2) is 36.8 Å². The molecule has 0 radical (unpaired) electrons. The quantitative estimate of drug-likeness (QED) is 0.736. The van der Waals surface area contributed by atoms with Crippen LogP contribution >= 0.6 is 11.6 Å². The van der Waals surface area contributed by atoms with Crippen molar-refractivity contribution in [2.45, 2.75) is 6.42 Å². The van der Waals surface area contributed by atoms with Crippen LogP contribution in [0.25, 0.3) is 0 Å². The van der Waals surface area contributed by atoms with Crippen LogP contribution in [0.4, 0.5) is 5.82 Å². The molecule has 1 saturated heterocycles. The fraction of sp³-hybridized carbons (Fsp3) is 0.600. The molecule has 0 amide bonds. The second-order valence-corrected chi connectivity index (χ2v) is 4.08. The maximum Gasteiger partial charge on any atom is 0.224 e. The van der Waals surface area contributed by atoms with Gasteiger partial charge in [-0.25, -0.2) is 9.97 Å². The Kier molecular flexibility index (Phi) is 3.38. The number of aromatic nitrogens is 2. The van der Waals surface area contributed by atoms with E-state index in [1.54, 1.807) is 13.3 Å². The standard InChI is InChI=1S/C10H14ClN3O/c1-15-7-8-3-5-14(6-8)9-2-4-12-10(11)13-9/h2,4,8H,3,5-7H2,1H3. The molecule has 4 nitrogen and oxygen atoms in total. The van der Waals surface area contributed by atoms with Crippen molar-refractivity contribution in [1.29, 1.82) is 0 Å². The number of halogens is 1. The van der Waals surface area contributed by atoms with Crippen molar-refractivity contribution >= 4 is 17.4 Å². The molecule has 0 aliphatic carbocycles. The van der Waals surface area contributed by atoms with Gasteiger partial charge < -0.3 is 9.64 Å². The van der Waals surface area contributed by atoms with Gasteiger partial charge in [-0.15, -0.1) is 0 Å². The van der Waals surface area contributed by atoms with E-state index in [1.807, 2.05) is 6.07 Å². The van der Waals surface area contributed by atoms with Crippen molar-refractivity contribution in [2.75, 3.05) is 31.7 Å². The van der Waals surface area contributed by atoms with Gasteiger partial charge in [0.05, 0.1) is 6.61 Å². The van der Waals surface area contributed by atoms with Gasteiger partial charge in [0.1, 0.15) is 5.82 Å². The topological polar surface area (TPSA) is 38.2 Å². The van der Waals surface area contributed by atoms with Gasteiger partial charge in [0.15, 0.2) is 0 Å². The van der Waals surface area contributed by atoms with E-state index in [9.17, 15) is 0 Å². The minimum atomic E-state index is 0.308. The number of methoxy groups -OCH3 is 1. The van der Waals surface area contributed by atoms with Crippen molar-refractivity contribution in [1.82, 2.24) is 9.97 Å². The minimum Gasteiger partial charge on any atom is -0.384 e. The van der Waals surface area contributed by atoms with Gasteiger partial charge in [0, 0.05) is 32.3 Å². The SMILES string of the molecule is COCC1CCN(c2ccnc(Cl)n2)C1. The summed E-state index contributed by atoms with van der Waals surface area (Å²) in [7, 11) is 1.74. The Hall–Kier alpha value is -0.870. The molecule has 5 heteroatoms. The van der Waals surface area contributed by atoms with Crippen LogP contribution in [-0.2, 0) is 4.74 Å². The summed E-state index contributed by atoms with van der Waals surface area (Å²) in [6, 6.07) is 1.89. The van der Waals surface area contributed by atoms with Gasteiger partial charge >= 0.3 is 0 Å². The molecule has 0 spiro atoms. The first-order valence-electron chi connectivity index (χ1n) is 5.02. The van der Waals surface area contributed by atoms with Gasteiger partial charge in [0.2, 0.25) is 5.28 Å². The molecule has 2 heterocycles. The van der Waals surface area contributed by atoms with Gasteiger partial charge in [-0.3, -0.25) is 0 Å². The van der Waals surface area contributed by atoms with E-state index in [4.69, 9.17) is 16.3 Å². The Morgan fingerprint density at radius 3 is 3.27 bits per heavy atom. The highest BCUT2D eigenvalue weighted by Crippen LogP contribution is 2.22. The fourth-order valence-electron chi connectivity index (χ4n) is 1.91. The van der Waals surface area contributed by atoms with E-state index in [2.05, 4.69) is 14.9 Å². The smallest absolute Gasteiger partial charge is 0.224 e. The summed E-state index contributed by atoms with van der Waals surface area (Å²) in [6.45, 7) is 2.82. The molecule has 1 aromatic heterocycles. The average molecular weight is 228 g/mol. The zero-order chi connectivity index (χ0) is 10.7. The lowest BCUT2D eigenvalue weighted by Gasteiger charge is -2.16. The molecule has 0 bridgehead atoms. The molecule has 82 valence electrons. The third-order valence-electron chi connectivity index (χ3n) is 2.62. The summed E-state index contributed by atoms with van der Waals surface area (Å²) in [5, 5.41) is 0.308. The predicted molar refractivity (Wildman–Crippen MR) is 59.2 cm³/mol. The van der Waals surface area contributed by atoms with Crippen LogP contribution in [0.3, 0.4) is 0 Å². The third kappa shape index (κ3) is 2.58. The highest BCUT2D eigenvalue weighted by Gasteiger charge is 2.23. The maximum absolute atomic E-state index is 5.75. The van der Waals surface area contributed by atoms with Crippen LogP contribution in [0.2, 0.25) is 5.28 Å². The highest BCUT2D eigenvalue weighted by atomic mass is 35.5. The van der Waals surface area contributed by atoms with Crippen molar-refractivity contribution in [2.24, 2.45) is 5.92 Å². The Balaban J connectivity index is 2.01. The molecule has 1 unspecified atom stereocenters. The summed E-state index contributed by atoms with van der Waals surface area (Å²) in [6.07, 6.45) is 2.84. The number of hydrogen-bond acceptors (Lipinski definition) is 4. The molecule has 1 aliphatic rings. The van der Waals surface area contributed by atoms with Crippen LogP contribution in [0.5, 0.6) is 0 Å². The van der Waals surface area contributed by atoms with Crippen molar-refractivity contribution in [3.05, 3.63) is 17.5 Å². The Labute approximate surface area is 94.2 Å². The van der Waals surface area contributed by atoms with Crippen LogP contribution in [0, 0.1) is 5.92 Å². The summed E-state index contributed by atoms with van der Waals surface area (Å²) in [5.41, 5.74) is 0. The van der Waals surface area contributed by atoms with Gasteiger partial charge in [-0.1, -0.05) is 0 Å². The van der Waals surface area contributed by atoms with E-state index in [1.165, 1.54) is 0 Å². The first-order valence-corrected chi connectivity index (χ1v) is 5.40. The maximum atomic E-state index is 5.75. The Morgan fingerprint density at radius 1 is 1.67 bits per heavy atom. The zero-order valence-corrected chi connectivity index (χ0v) is 9.44. The Morgan fingerprint density at radius 2 is 2.53 bits per heavy atom. The van der Waals surface area contributed by atoms with Crippen LogP contribution < -0.4 is 4.90 Å². The van der Waals surface area contributed by atoms with Crippen molar-refractivity contribution in [3.63, 3.8) is 0 Å². The summed E-state index contributed by atoms with van der Waals surface area (Å²) >= 11 is 5.75. The second-order valence-electron chi connectivity index (χ2n) is 3.74. The van der Waals surface area contributed by atoms with E-state index in [0.29, 0.717) is 11.2 Å². The van der Waals surface area contributed by atoms with E-state index >= 15 is 0 Å². The zero-order valence-electron chi connectivity index (χ0n) is 8.69. The Bertz CT molecular complexity index is 334. The first-order chi connectivity index (χ1) is 7.29. The minimum absolute atomic E-state index is 0.308. The van der Waals surface area contributed by atoms with E-state index in [-0.39, 0.29) is 0 Å². The lowest BCUT2D eigenvalue weighted by molar-refractivity contribution is 0.161. The number of rotatable bonds is 3. The third-order valence-corrected chi connectivity index (χ3v) is 2.81. The molecular weight excluding hydrogens is 214 g/mol. The van der Waals surface area contributed by atoms with Gasteiger partial charge in [-0.2, -0.15) is 0 Å².